The third-order valence-electron chi connectivity index (χ3n) is 9.28. The molecule has 0 spiro atoms. The molecule has 2 aliphatic heterocycles. The van der Waals surface area contributed by atoms with Gasteiger partial charge in [0, 0.05) is 37.4 Å². The van der Waals surface area contributed by atoms with E-state index in [1.165, 1.54) is 15.9 Å². The lowest BCUT2D eigenvalue weighted by molar-refractivity contribution is -0.687. The number of rotatable bonds is 12. The van der Waals surface area contributed by atoms with Crippen LogP contribution in [0.3, 0.4) is 0 Å². The number of aromatic nitrogens is 3. The summed E-state index contributed by atoms with van der Waals surface area (Å²) in [6.45, 7) is 7.79. The molecular formula is C38H42F3N5O9. The lowest BCUT2D eigenvalue weighted by Gasteiger charge is -2.26. The number of amides is 3. The van der Waals surface area contributed by atoms with Crippen molar-refractivity contribution in [2.45, 2.75) is 72.1 Å². The van der Waals surface area contributed by atoms with E-state index >= 15 is 0 Å². The van der Waals surface area contributed by atoms with Crippen LogP contribution in [0.1, 0.15) is 64.6 Å². The molecular weight excluding hydrogens is 727 g/mol. The maximum atomic E-state index is 13.4. The van der Waals surface area contributed by atoms with Gasteiger partial charge in [0.2, 0.25) is 0 Å². The second-order valence-electron chi connectivity index (χ2n) is 13.3. The van der Waals surface area contributed by atoms with Gasteiger partial charge in [0.05, 0.1) is 42.6 Å². The molecule has 17 heteroatoms. The van der Waals surface area contributed by atoms with Crippen molar-refractivity contribution in [2.75, 3.05) is 26.4 Å². The number of aliphatic hydroxyl groups is 1. The highest BCUT2D eigenvalue weighted by atomic mass is 19.4. The molecule has 0 saturated carbocycles. The van der Waals surface area contributed by atoms with Crippen LogP contribution in [0.5, 0.6) is 11.5 Å². The Bertz CT molecular complexity index is 2030. The molecule has 294 valence electrons. The van der Waals surface area contributed by atoms with Gasteiger partial charge in [0.1, 0.15) is 12.3 Å². The first kappa shape index (κ1) is 40.6. The summed E-state index contributed by atoms with van der Waals surface area (Å²) in [7, 11) is 0. The van der Waals surface area contributed by atoms with E-state index in [1.807, 2.05) is 19.1 Å². The van der Waals surface area contributed by atoms with E-state index < -0.39 is 24.2 Å². The second-order valence-corrected chi connectivity index (χ2v) is 13.3. The molecule has 3 amide bonds. The fourth-order valence-corrected chi connectivity index (χ4v) is 6.60. The smallest absolute Gasteiger partial charge is 0.490 e. The molecule has 2 aliphatic rings. The Hall–Kier alpha value is -5.55. The highest BCUT2D eigenvalue weighted by molar-refractivity contribution is 6.21. The van der Waals surface area contributed by atoms with Crippen molar-refractivity contribution in [1.29, 1.82) is 0 Å². The van der Waals surface area contributed by atoms with Gasteiger partial charge in [-0.1, -0.05) is 23.9 Å². The molecule has 2 aromatic carbocycles. The third kappa shape index (κ3) is 9.58. The molecule has 2 N–H and O–H groups in total. The van der Waals surface area contributed by atoms with Crippen molar-refractivity contribution >= 4 is 34.7 Å². The number of aliphatic hydroxyl groups excluding tert-OH is 1. The lowest BCUT2D eigenvalue weighted by atomic mass is 10.0. The van der Waals surface area contributed by atoms with Crippen LogP contribution < -0.4 is 14.4 Å². The highest BCUT2D eigenvalue weighted by Crippen LogP contribution is 2.28. The average Bonchev–Trinajstić information content (AvgIpc) is 3.57. The largest absolute Gasteiger partial charge is 0.871 e. The van der Waals surface area contributed by atoms with Gasteiger partial charge in [-0.05, 0) is 63.9 Å². The molecule has 1 fully saturated rings. The first-order valence-corrected chi connectivity index (χ1v) is 17.7. The summed E-state index contributed by atoms with van der Waals surface area (Å²) in [5.41, 5.74) is 3.49. The van der Waals surface area contributed by atoms with E-state index in [9.17, 15) is 37.8 Å². The van der Waals surface area contributed by atoms with Crippen LogP contribution in [0.4, 0.5) is 13.2 Å². The van der Waals surface area contributed by atoms with Crippen LogP contribution in [0.25, 0.3) is 11.0 Å². The zero-order chi connectivity index (χ0) is 40.0. The zero-order valence-corrected chi connectivity index (χ0v) is 30.5. The Morgan fingerprint density at radius 2 is 1.73 bits per heavy atom. The van der Waals surface area contributed by atoms with Crippen LogP contribution >= 0.6 is 0 Å². The summed E-state index contributed by atoms with van der Waals surface area (Å²) < 4.78 is 47.6. The molecule has 4 aromatic rings. The van der Waals surface area contributed by atoms with Crippen LogP contribution in [0.2, 0.25) is 0 Å². The molecule has 4 heterocycles. The number of hydrogen-bond acceptors (Lipinski definition) is 9. The van der Waals surface area contributed by atoms with E-state index in [0.717, 1.165) is 29.7 Å². The van der Waals surface area contributed by atoms with Crippen LogP contribution in [0, 0.1) is 12.8 Å². The molecule has 1 atom stereocenters. The Kier molecular flexibility index (Phi) is 12.8. The van der Waals surface area contributed by atoms with Gasteiger partial charge in [0.15, 0.2) is 17.6 Å². The van der Waals surface area contributed by atoms with Gasteiger partial charge in [-0.2, -0.15) is 13.2 Å². The molecule has 0 unspecified atom stereocenters. The third-order valence-corrected chi connectivity index (χ3v) is 9.28. The van der Waals surface area contributed by atoms with E-state index in [-0.39, 0.29) is 49.5 Å². The lowest BCUT2D eigenvalue weighted by Crippen LogP contribution is -2.45. The molecule has 14 nitrogen and oxygen atoms in total. The summed E-state index contributed by atoms with van der Waals surface area (Å²) in [5.74, 6) is -2.40. The topological polar surface area (TPSA) is 178 Å². The zero-order valence-electron chi connectivity index (χ0n) is 30.5. The Labute approximate surface area is 314 Å². The van der Waals surface area contributed by atoms with E-state index in [1.54, 1.807) is 50.2 Å². The Balaban J connectivity index is 0.000000757. The van der Waals surface area contributed by atoms with Crippen molar-refractivity contribution in [1.82, 2.24) is 19.4 Å². The number of aryl methyl sites for hydroxylation is 2. The van der Waals surface area contributed by atoms with Crippen molar-refractivity contribution in [3.8, 4) is 11.5 Å². The number of halogens is 3. The number of carboxylic acids is 1. The Morgan fingerprint density at radius 3 is 2.31 bits per heavy atom. The number of pyridine rings is 1. The average molecular weight is 770 g/mol. The standard InChI is InChI=1S/C36H41N5O7.C2HF3O2/c1-4-39-31-17-26(48-22-34(44)38(18-24(3)42)20-29-32(43)12-9-23(2)37-29)10-11-30(31)40(19-25-13-15-47-16-14-25)33(39)21-41-35(45)27-7-5-6-8-28(27)36(41)46;3-2(4,5)1(6)7/h5-12,17,24-25,42H,4,13-16,18-22H2,1-3H3;(H,6,7)/t24-;/m0./s1. The number of hydrogen-bond donors (Lipinski definition) is 2. The van der Waals surface area contributed by atoms with E-state index in [0.29, 0.717) is 54.8 Å². The number of fused-ring (bicyclic) bond motifs is 2. The second kappa shape index (κ2) is 17.3. The van der Waals surface area contributed by atoms with Crippen molar-refractivity contribution in [3.63, 3.8) is 0 Å². The van der Waals surface area contributed by atoms with Gasteiger partial charge in [-0.3, -0.25) is 24.3 Å². The summed E-state index contributed by atoms with van der Waals surface area (Å²) in [6, 6.07) is 15.6. The first-order chi connectivity index (χ1) is 26.1. The van der Waals surface area contributed by atoms with Crippen molar-refractivity contribution in [2.24, 2.45) is 5.92 Å². The number of imide groups is 1. The summed E-state index contributed by atoms with van der Waals surface area (Å²) in [4.78, 5) is 56.0. The molecule has 55 heavy (non-hydrogen) atoms. The summed E-state index contributed by atoms with van der Waals surface area (Å²) in [5, 5.41) is 29.6. The molecule has 2 aromatic heterocycles. The molecule has 1 saturated heterocycles. The van der Waals surface area contributed by atoms with Gasteiger partial charge in [0.25, 0.3) is 23.5 Å². The SMILES string of the molecule is CCn1c(CN2C(=O)c3ccccc3C2=O)[n+](CC2CCOCC2)c2ccc(OCC(=O)N(Cc3nc(C)ccc3[O-])C[C@H](C)O)cc21.O=C(O)C(F)(F)F. The number of nitrogens with zero attached hydrogens (tertiary/aromatic N) is 5. The normalized spacial score (nSPS) is 15.1. The maximum Gasteiger partial charge on any atom is 0.490 e. The van der Waals surface area contributed by atoms with Crippen LogP contribution in [-0.2, 0) is 40.5 Å². The Morgan fingerprint density at radius 1 is 1.09 bits per heavy atom. The van der Waals surface area contributed by atoms with Gasteiger partial charge < -0.3 is 29.7 Å². The predicted octanol–water partition coefficient (Wildman–Crippen LogP) is 3.37. The van der Waals surface area contributed by atoms with Gasteiger partial charge in [-0.15, -0.1) is 0 Å². The molecule has 0 aliphatic carbocycles. The number of imidazole rings is 1. The first-order valence-electron chi connectivity index (χ1n) is 17.7. The monoisotopic (exact) mass is 769 g/mol. The maximum absolute atomic E-state index is 13.4. The predicted molar refractivity (Wildman–Crippen MR) is 187 cm³/mol. The van der Waals surface area contributed by atoms with Crippen LogP contribution in [-0.4, -0.2) is 91.9 Å². The highest BCUT2D eigenvalue weighted by Gasteiger charge is 2.40. The van der Waals surface area contributed by atoms with Gasteiger partial charge in [-0.25, -0.2) is 13.9 Å². The number of carboxylic acid groups (broad SMARTS) is 1. The molecule has 0 bridgehead atoms. The minimum absolute atomic E-state index is 0.0162. The number of ether oxygens (including phenoxy) is 2. The minimum Gasteiger partial charge on any atom is -0.871 e. The summed E-state index contributed by atoms with van der Waals surface area (Å²) in [6.07, 6.45) is -4.07. The molecule has 6 rings (SSSR count). The number of alkyl halides is 3. The van der Waals surface area contributed by atoms with Crippen LogP contribution in [0.15, 0.2) is 54.6 Å². The fraction of sp³-hybridized carbons (Fsp3) is 0.421. The molecule has 0 radical (unpaired) electrons. The van der Waals surface area contributed by atoms with E-state index in [4.69, 9.17) is 19.4 Å². The van der Waals surface area contributed by atoms with Gasteiger partial charge >= 0.3 is 12.1 Å². The number of aliphatic carboxylic acids is 1. The number of benzene rings is 2. The number of carbonyl (C=O) groups is 4. The van der Waals surface area contributed by atoms with Crippen molar-refractivity contribution < 1.29 is 61.7 Å². The quantitative estimate of drug-likeness (QED) is 0.160. The van der Waals surface area contributed by atoms with Crippen molar-refractivity contribution in [3.05, 3.63) is 82.9 Å². The summed E-state index contributed by atoms with van der Waals surface area (Å²) >= 11 is 0. The fourth-order valence-electron chi connectivity index (χ4n) is 6.60. The number of carbonyl (C=O) groups excluding carboxylic acids is 3. The minimum atomic E-state index is -5.08. The van der Waals surface area contributed by atoms with E-state index in [2.05, 4.69) is 14.1 Å².